The van der Waals surface area contributed by atoms with Crippen LogP contribution in [0.25, 0.3) is 22.5 Å². The number of benzene rings is 3. The highest BCUT2D eigenvalue weighted by molar-refractivity contribution is 6.03. The van der Waals surface area contributed by atoms with Crippen LogP contribution in [0.1, 0.15) is 5.56 Å². The molecule has 1 N–H and O–H groups in total. The van der Waals surface area contributed by atoms with Crippen LogP contribution in [0.3, 0.4) is 0 Å². The van der Waals surface area contributed by atoms with Gasteiger partial charge in [0.05, 0.1) is 5.69 Å². The van der Waals surface area contributed by atoms with Crippen LogP contribution in [0.5, 0.6) is 0 Å². The average molecular weight is 341 g/mol. The Bertz CT molecular complexity index is 1060. The van der Waals surface area contributed by atoms with Crippen LogP contribution in [-0.4, -0.2) is 26.1 Å². The maximum absolute atomic E-state index is 12.2. The Morgan fingerprint density at radius 2 is 1.77 bits per heavy atom. The molecule has 0 atom stereocenters. The van der Waals surface area contributed by atoms with Gasteiger partial charge in [0.25, 0.3) is 0 Å². The second-order valence-corrected chi connectivity index (χ2v) is 5.69. The molecule has 0 aliphatic heterocycles. The Morgan fingerprint density at radius 1 is 0.962 bits per heavy atom. The van der Waals surface area contributed by atoms with Gasteiger partial charge in [-0.1, -0.05) is 42.5 Å². The molecular formula is C20H15N5O. The van der Waals surface area contributed by atoms with E-state index in [-0.39, 0.29) is 5.91 Å². The predicted molar refractivity (Wildman–Crippen MR) is 101 cm³/mol. The first-order valence-corrected chi connectivity index (χ1v) is 8.10. The number of hydrogen-bond acceptors (Lipinski definition) is 4. The summed E-state index contributed by atoms with van der Waals surface area (Å²) in [5.41, 5.74) is 2.53. The van der Waals surface area contributed by atoms with Crippen LogP contribution in [-0.2, 0) is 4.79 Å². The van der Waals surface area contributed by atoms with Crippen LogP contribution in [0.15, 0.2) is 79.1 Å². The quantitative estimate of drug-likeness (QED) is 0.577. The summed E-state index contributed by atoms with van der Waals surface area (Å²) in [5, 5.41) is 16.1. The Balaban J connectivity index is 1.47. The monoisotopic (exact) mass is 341 g/mol. The van der Waals surface area contributed by atoms with Crippen molar-refractivity contribution in [1.29, 1.82) is 0 Å². The van der Waals surface area contributed by atoms with Crippen molar-refractivity contribution in [3.8, 4) is 5.69 Å². The second kappa shape index (κ2) is 6.98. The molecule has 0 aliphatic carbocycles. The minimum atomic E-state index is -0.187. The number of anilines is 1. The van der Waals surface area contributed by atoms with Gasteiger partial charge in [0.2, 0.25) is 5.91 Å². The summed E-state index contributed by atoms with van der Waals surface area (Å²) in [6, 6.07) is 21.4. The molecule has 1 aromatic heterocycles. The van der Waals surface area contributed by atoms with Crippen LogP contribution < -0.4 is 5.32 Å². The first-order valence-electron chi connectivity index (χ1n) is 8.10. The van der Waals surface area contributed by atoms with Crippen molar-refractivity contribution in [3.05, 3.63) is 84.7 Å². The molecule has 126 valence electrons. The molecule has 0 radical (unpaired) electrons. The van der Waals surface area contributed by atoms with E-state index < -0.39 is 0 Å². The smallest absolute Gasteiger partial charge is 0.248 e. The van der Waals surface area contributed by atoms with Crippen molar-refractivity contribution in [2.45, 2.75) is 0 Å². The van der Waals surface area contributed by atoms with Gasteiger partial charge in [0, 0.05) is 11.8 Å². The lowest BCUT2D eigenvalue weighted by atomic mass is 10.0. The summed E-state index contributed by atoms with van der Waals surface area (Å²) < 4.78 is 1.55. The minimum Gasteiger partial charge on any atom is -0.323 e. The summed E-state index contributed by atoms with van der Waals surface area (Å²) >= 11 is 0. The van der Waals surface area contributed by atoms with Crippen molar-refractivity contribution in [1.82, 2.24) is 20.2 Å². The van der Waals surface area contributed by atoms with Gasteiger partial charge in [-0.15, -0.1) is 5.10 Å². The molecule has 6 heteroatoms. The van der Waals surface area contributed by atoms with Gasteiger partial charge in [0.15, 0.2) is 0 Å². The molecule has 6 nitrogen and oxygen atoms in total. The number of carbonyl (C=O) groups excluding carboxylic acids is 1. The third-order valence-electron chi connectivity index (χ3n) is 3.99. The summed E-state index contributed by atoms with van der Waals surface area (Å²) in [7, 11) is 0. The van der Waals surface area contributed by atoms with Gasteiger partial charge in [-0.25, -0.2) is 4.68 Å². The predicted octanol–water partition coefficient (Wildman–Crippen LogP) is 3.47. The van der Waals surface area contributed by atoms with E-state index in [0.717, 1.165) is 22.0 Å². The molecule has 0 bridgehead atoms. The molecule has 0 saturated carbocycles. The van der Waals surface area contributed by atoms with E-state index in [2.05, 4.69) is 33.0 Å². The molecule has 26 heavy (non-hydrogen) atoms. The maximum atomic E-state index is 12.2. The first-order chi connectivity index (χ1) is 12.8. The fraction of sp³-hybridized carbons (Fsp3) is 0. The highest BCUT2D eigenvalue weighted by atomic mass is 16.1. The summed E-state index contributed by atoms with van der Waals surface area (Å²) in [6.07, 6.45) is 4.88. The third-order valence-corrected chi connectivity index (χ3v) is 3.99. The number of hydrogen-bond donors (Lipinski definition) is 1. The molecule has 0 saturated heterocycles. The Hall–Kier alpha value is -3.80. The van der Waals surface area contributed by atoms with E-state index in [4.69, 9.17) is 0 Å². The lowest BCUT2D eigenvalue weighted by Gasteiger charge is -2.04. The molecule has 0 fully saturated rings. The molecule has 0 unspecified atom stereocenters. The van der Waals surface area contributed by atoms with Crippen molar-refractivity contribution >= 4 is 28.4 Å². The van der Waals surface area contributed by atoms with Crippen molar-refractivity contribution in [2.24, 2.45) is 0 Å². The maximum Gasteiger partial charge on any atom is 0.248 e. The Morgan fingerprint density at radius 3 is 2.58 bits per heavy atom. The fourth-order valence-corrected chi connectivity index (χ4v) is 2.72. The zero-order valence-corrected chi connectivity index (χ0v) is 13.8. The number of nitrogens with zero attached hydrogens (tertiary/aromatic N) is 4. The molecule has 4 rings (SSSR count). The molecule has 3 aromatic carbocycles. The van der Waals surface area contributed by atoms with Crippen molar-refractivity contribution in [2.75, 3.05) is 5.32 Å². The Kier molecular flexibility index (Phi) is 4.22. The molecule has 4 aromatic rings. The first kappa shape index (κ1) is 15.7. The van der Waals surface area contributed by atoms with Gasteiger partial charge >= 0.3 is 0 Å². The zero-order valence-electron chi connectivity index (χ0n) is 13.8. The molecular weight excluding hydrogens is 326 g/mol. The van der Waals surface area contributed by atoms with E-state index in [0.29, 0.717) is 5.69 Å². The number of nitrogens with one attached hydrogen (secondary N) is 1. The minimum absolute atomic E-state index is 0.187. The largest absolute Gasteiger partial charge is 0.323 e. The fourth-order valence-electron chi connectivity index (χ4n) is 2.72. The summed E-state index contributed by atoms with van der Waals surface area (Å²) in [5.74, 6) is -0.187. The topological polar surface area (TPSA) is 72.7 Å². The van der Waals surface area contributed by atoms with Crippen molar-refractivity contribution < 1.29 is 4.79 Å². The molecule has 1 amide bonds. The number of rotatable bonds is 4. The van der Waals surface area contributed by atoms with E-state index >= 15 is 0 Å². The van der Waals surface area contributed by atoms with Gasteiger partial charge in [0.1, 0.15) is 6.33 Å². The SMILES string of the molecule is O=C(/C=C/c1cccc2ccccc12)Nc1ccc(-n2cnnn2)cc1. The number of carbonyl (C=O) groups is 1. The Labute approximate surface area is 149 Å². The third kappa shape index (κ3) is 3.34. The molecule has 1 heterocycles. The number of amides is 1. The standard InChI is InChI=1S/C20H15N5O/c26-20(13-8-16-6-3-5-15-4-1-2-7-19(15)16)22-17-9-11-18(12-10-17)25-14-21-23-24-25/h1-14H,(H,22,26)/b13-8+. The summed E-state index contributed by atoms with van der Waals surface area (Å²) in [4.78, 5) is 12.2. The van der Waals surface area contributed by atoms with Crippen LogP contribution >= 0.6 is 0 Å². The van der Waals surface area contributed by atoms with Gasteiger partial charge in [-0.3, -0.25) is 4.79 Å². The molecule has 0 aliphatic rings. The van der Waals surface area contributed by atoms with Gasteiger partial charge in [-0.05, 0) is 57.1 Å². The van der Waals surface area contributed by atoms with Gasteiger partial charge < -0.3 is 5.32 Å². The van der Waals surface area contributed by atoms with E-state index in [9.17, 15) is 4.79 Å². The average Bonchev–Trinajstić information content (AvgIpc) is 3.22. The number of fused-ring (bicyclic) bond motifs is 1. The normalized spacial score (nSPS) is 11.1. The van der Waals surface area contributed by atoms with Crippen LogP contribution in [0.2, 0.25) is 0 Å². The molecule has 0 spiro atoms. The lowest BCUT2D eigenvalue weighted by molar-refractivity contribution is -0.111. The number of aromatic nitrogens is 4. The van der Waals surface area contributed by atoms with E-state index in [1.807, 2.05) is 48.5 Å². The zero-order chi connectivity index (χ0) is 17.8. The van der Waals surface area contributed by atoms with Crippen LogP contribution in [0, 0.1) is 0 Å². The van der Waals surface area contributed by atoms with Crippen LogP contribution in [0.4, 0.5) is 5.69 Å². The van der Waals surface area contributed by atoms with Crippen molar-refractivity contribution in [3.63, 3.8) is 0 Å². The summed E-state index contributed by atoms with van der Waals surface area (Å²) in [6.45, 7) is 0. The lowest BCUT2D eigenvalue weighted by Crippen LogP contribution is -2.07. The number of tetrazole rings is 1. The highest BCUT2D eigenvalue weighted by Gasteiger charge is 2.02. The van der Waals surface area contributed by atoms with Gasteiger partial charge in [-0.2, -0.15) is 0 Å². The van der Waals surface area contributed by atoms with E-state index in [1.54, 1.807) is 16.8 Å². The second-order valence-electron chi connectivity index (χ2n) is 5.69. The highest BCUT2D eigenvalue weighted by Crippen LogP contribution is 2.19. The van der Waals surface area contributed by atoms with E-state index in [1.165, 1.54) is 12.4 Å².